The molecule has 0 fully saturated rings. The molecule has 3 N–H and O–H groups in total. The van der Waals surface area contributed by atoms with E-state index in [9.17, 15) is 15.0 Å². The van der Waals surface area contributed by atoms with Crippen molar-refractivity contribution in [1.82, 2.24) is 5.32 Å². The van der Waals surface area contributed by atoms with Crippen LogP contribution in [0.5, 0.6) is 0 Å². The molecule has 75 heavy (non-hydrogen) atoms. The Balaban J connectivity index is 3.43. The van der Waals surface area contributed by atoms with Crippen LogP contribution in [0.2, 0.25) is 0 Å². The van der Waals surface area contributed by atoms with Crippen molar-refractivity contribution >= 4 is 5.91 Å². The Morgan fingerprint density at radius 1 is 0.307 bits per heavy atom. The van der Waals surface area contributed by atoms with E-state index in [1.165, 1.54) is 353 Å². The van der Waals surface area contributed by atoms with E-state index in [0.717, 1.165) is 32.1 Å². The molecule has 0 aliphatic heterocycles. The topological polar surface area (TPSA) is 69.6 Å². The molecule has 0 aliphatic carbocycles. The molecule has 1 amide bonds. The summed E-state index contributed by atoms with van der Waals surface area (Å²) in [6, 6.07) is -0.638. The van der Waals surface area contributed by atoms with Crippen molar-refractivity contribution in [2.45, 2.75) is 418 Å². The molecule has 0 saturated heterocycles. The van der Waals surface area contributed by atoms with Crippen LogP contribution in [-0.2, 0) is 4.79 Å². The third kappa shape index (κ3) is 63.6. The highest BCUT2D eigenvalue weighted by Gasteiger charge is 2.18. The Morgan fingerprint density at radius 2 is 0.520 bits per heavy atom. The average molecular weight is 1050 g/mol. The standard InChI is InChI=1S/C71H139NO3/c1-3-5-7-9-11-13-15-17-19-21-23-25-27-29-31-33-35-37-39-41-43-45-47-49-51-53-55-57-59-61-63-65-67-71(75)72-69(68-73)70(74)66-64-62-60-58-56-54-52-50-48-46-44-42-40-38-36-34-32-30-28-26-24-22-20-18-16-14-12-10-8-6-4-2/h56,58,64,66,69-70,73-74H,3-55,57,59-63,65,67-68H2,1-2H3,(H,72,75)/b58-56+,66-64+. The number of allylic oxidation sites excluding steroid dienone is 3. The van der Waals surface area contributed by atoms with Crippen LogP contribution in [0.3, 0.4) is 0 Å². The highest BCUT2D eigenvalue weighted by molar-refractivity contribution is 5.76. The zero-order valence-corrected chi connectivity index (χ0v) is 51.6. The molecule has 0 spiro atoms. The zero-order chi connectivity index (χ0) is 54.1. The second-order valence-corrected chi connectivity index (χ2v) is 24.3. The molecule has 2 unspecified atom stereocenters. The normalized spacial score (nSPS) is 12.7. The van der Waals surface area contributed by atoms with Crippen molar-refractivity contribution in [3.63, 3.8) is 0 Å². The first-order valence-electron chi connectivity index (χ1n) is 35.1. The minimum Gasteiger partial charge on any atom is -0.394 e. The van der Waals surface area contributed by atoms with Gasteiger partial charge in [-0.2, -0.15) is 0 Å². The lowest BCUT2D eigenvalue weighted by Crippen LogP contribution is -2.45. The lowest BCUT2D eigenvalue weighted by Gasteiger charge is -2.19. The van der Waals surface area contributed by atoms with Gasteiger partial charge in [0.05, 0.1) is 18.8 Å². The fourth-order valence-electron chi connectivity index (χ4n) is 11.4. The molecule has 446 valence electrons. The van der Waals surface area contributed by atoms with Gasteiger partial charge in [0.15, 0.2) is 0 Å². The molecule has 0 bridgehead atoms. The molecule has 0 aromatic carbocycles. The van der Waals surface area contributed by atoms with Crippen LogP contribution in [0.15, 0.2) is 24.3 Å². The largest absolute Gasteiger partial charge is 0.394 e. The van der Waals surface area contributed by atoms with Crippen LogP contribution in [0, 0.1) is 0 Å². The van der Waals surface area contributed by atoms with E-state index < -0.39 is 12.1 Å². The number of nitrogens with one attached hydrogen (secondary N) is 1. The molecule has 0 saturated carbocycles. The second kappa shape index (κ2) is 67.1. The fourth-order valence-corrected chi connectivity index (χ4v) is 11.4. The van der Waals surface area contributed by atoms with E-state index in [4.69, 9.17) is 0 Å². The van der Waals surface area contributed by atoms with Crippen LogP contribution >= 0.6 is 0 Å². The summed E-state index contributed by atoms with van der Waals surface area (Å²) < 4.78 is 0. The predicted octanol–water partition coefficient (Wildman–Crippen LogP) is 23.8. The van der Waals surface area contributed by atoms with Crippen LogP contribution in [0.4, 0.5) is 0 Å². The number of unbranched alkanes of at least 4 members (excludes halogenated alkanes) is 57. The first-order chi connectivity index (χ1) is 37.2. The van der Waals surface area contributed by atoms with Gasteiger partial charge < -0.3 is 15.5 Å². The summed E-state index contributed by atoms with van der Waals surface area (Å²) in [6.07, 6.45) is 91.4. The number of aliphatic hydroxyl groups excluding tert-OH is 2. The van der Waals surface area contributed by atoms with Gasteiger partial charge in [-0.3, -0.25) is 4.79 Å². The van der Waals surface area contributed by atoms with E-state index >= 15 is 0 Å². The zero-order valence-electron chi connectivity index (χ0n) is 51.6. The molecule has 4 nitrogen and oxygen atoms in total. The van der Waals surface area contributed by atoms with Gasteiger partial charge in [0.1, 0.15) is 0 Å². The first kappa shape index (κ1) is 73.9. The van der Waals surface area contributed by atoms with Gasteiger partial charge >= 0.3 is 0 Å². The SMILES string of the molecule is CCCCCCCCCCCCCCCCCCCCCCCCCCC/C=C/CC/C=C/C(O)C(CO)NC(=O)CCCCCCCCCCCCCCCCCCCCCCCCCCCCCCCCCC. The van der Waals surface area contributed by atoms with Crippen molar-refractivity contribution in [1.29, 1.82) is 0 Å². The van der Waals surface area contributed by atoms with Gasteiger partial charge in [0.25, 0.3) is 0 Å². The van der Waals surface area contributed by atoms with Crippen LogP contribution < -0.4 is 5.32 Å². The third-order valence-corrected chi connectivity index (χ3v) is 16.7. The number of rotatable bonds is 66. The van der Waals surface area contributed by atoms with E-state index in [0.29, 0.717) is 6.42 Å². The van der Waals surface area contributed by atoms with Gasteiger partial charge in [0.2, 0.25) is 5.91 Å². The van der Waals surface area contributed by atoms with Crippen molar-refractivity contribution in [2.75, 3.05) is 6.61 Å². The summed E-state index contributed by atoms with van der Waals surface area (Å²) in [4.78, 5) is 12.5. The number of hydrogen-bond acceptors (Lipinski definition) is 3. The minimum absolute atomic E-state index is 0.0640. The Labute approximate surface area is 472 Å². The quantitative estimate of drug-likeness (QED) is 0.0420. The molecule has 0 aromatic rings. The van der Waals surface area contributed by atoms with Crippen LogP contribution in [-0.4, -0.2) is 34.9 Å². The summed E-state index contributed by atoms with van der Waals surface area (Å²) in [5.74, 6) is -0.0640. The summed E-state index contributed by atoms with van der Waals surface area (Å²) in [6.45, 7) is 4.35. The van der Waals surface area contributed by atoms with E-state index in [-0.39, 0.29) is 12.5 Å². The number of amides is 1. The molecule has 0 aliphatic rings. The molecule has 0 radical (unpaired) electrons. The lowest BCUT2D eigenvalue weighted by atomic mass is 10.0. The first-order valence-corrected chi connectivity index (χ1v) is 35.1. The number of aliphatic hydroxyl groups is 2. The Bertz CT molecular complexity index is 1100. The minimum atomic E-state index is -0.861. The summed E-state index contributed by atoms with van der Waals surface area (Å²) in [5, 5.41) is 23.3. The molecule has 0 rings (SSSR count). The van der Waals surface area contributed by atoms with Gasteiger partial charge in [-0.25, -0.2) is 0 Å². The lowest BCUT2D eigenvalue weighted by molar-refractivity contribution is -0.123. The second-order valence-electron chi connectivity index (χ2n) is 24.3. The van der Waals surface area contributed by atoms with Gasteiger partial charge in [-0.1, -0.05) is 391 Å². The molecule has 2 atom stereocenters. The molecule has 4 heteroatoms. The van der Waals surface area contributed by atoms with Gasteiger partial charge in [-0.15, -0.1) is 0 Å². The van der Waals surface area contributed by atoms with E-state index in [1.54, 1.807) is 6.08 Å². The Hall–Kier alpha value is -1.13. The maximum Gasteiger partial charge on any atom is 0.220 e. The van der Waals surface area contributed by atoms with Gasteiger partial charge in [0, 0.05) is 6.42 Å². The van der Waals surface area contributed by atoms with Crippen molar-refractivity contribution < 1.29 is 15.0 Å². The summed E-state index contributed by atoms with van der Waals surface area (Å²) in [7, 11) is 0. The number of carbonyl (C=O) groups excluding carboxylic acids is 1. The van der Waals surface area contributed by atoms with Crippen molar-refractivity contribution in [3.8, 4) is 0 Å². The van der Waals surface area contributed by atoms with Crippen LogP contribution in [0.1, 0.15) is 406 Å². The molecular weight excluding hydrogens is 915 g/mol. The predicted molar refractivity (Wildman–Crippen MR) is 336 cm³/mol. The fraction of sp³-hybridized carbons (Fsp3) is 0.930. The van der Waals surface area contributed by atoms with Crippen molar-refractivity contribution in [2.24, 2.45) is 0 Å². The highest BCUT2D eigenvalue weighted by atomic mass is 16.3. The molecule has 0 aromatic heterocycles. The van der Waals surface area contributed by atoms with E-state index in [2.05, 4.69) is 31.3 Å². The monoisotopic (exact) mass is 1050 g/mol. The van der Waals surface area contributed by atoms with Gasteiger partial charge in [-0.05, 0) is 32.1 Å². The molecular formula is C71H139NO3. The summed E-state index contributed by atoms with van der Waals surface area (Å²) in [5.41, 5.74) is 0. The third-order valence-electron chi connectivity index (χ3n) is 16.7. The van der Waals surface area contributed by atoms with E-state index in [1.807, 2.05) is 6.08 Å². The number of hydrogen-bond donors (Lipinski definition) is 3. The maximum atomic E-state index is 12.5. The number of carbonyl (C=O) groups is 1. The molecule has 0 heterocycles. The Kier molecular flexibility index (Phi) is 66.1. The maximum absolute atomic E-state index is 12.5. The van der Waals surface area contributed by atoms with Crippen molar-refractivity contribution in [3.05, 3.63) is 24.3 Å². The smallest absolute Gasteiger partial charge is 0.220 e. The highest BCUT2D eigenvalue weighted by Crippen LogP contribution is 2.19. The Morgan fingerprint density at radius 3 is 0.773 bits per heavy atom. The summed E-state index contributed by atoms with van der Waals surface area (Å²) >= 11 is 0. The van der Waals surface area contributed by atoms with Crippen LogP contribution in [0.25, 0.3) is 0 Å². The average Bonchev–Trinajstić information content (AvgIpc) is 3.41.